The number of aryl methyl sites for hydroxylation is 1. The lowest BCUT2D eigenvalue weighted by molar-refractivity contribution is -0.128. The van der Waals surface area contributed by atoms with E-state index in [4.69, 9.17) is 0 Å². The number of aromatic nitrogens is 1. The van der Waals surface area contributed by atoms with E-state index in [1.54, 1.807) is 18.4 Å². The molecule has 1 unspecified atom stereocenters. The van der Waals surface area contributed by atoms with Crippen molar-refractivity contribution >= 4 is 23.5 Å². The van der Waals surface area contributed by atoms with Gasteiger partial charge in [-0.15, -0.1) is 11.3 Å². The molecule has 1 saturated heterocycles. The number of carbonyl (C=O) groups excluding carboxylic acids is 2. The zero-order chi connectivity index (χ0) is 24.4. The minimum absolute atomic E-state index is 0.133. The number of benzene rings is 1. The zero-order valence-electron chi connectivity index (χ0n) is 20.4. The fourth-order valence-corrected chi connectivity index (χ4v) is 5.32. The van der Waals surface area contributed by atoms with Crippen LogP contribution in [-0.2, 0) is 9.59 Å². The summed E-state index contributed by atoms with van der Waals surface area (Å²) in [6.07, 6.45) is 0.686. The van der Waals surface area contributed by atoms with Gasteiger partial charge in [0.1, 0.15) is 6.29 Å². The van der Waals surface area contributed by atoms with Gasteiger partial charge in [0, 0.05) is 13.1 Å². The summed E-state index contributed by atoms with van der Waals surface area (Å²) in [5.41, 5.74) is 3.79. The lowest BCUT2D eigenvalue weighted by Crippen LogP contribution is -2.63. The summed E-state index contributed by atoms with van der Waals surface area (Å²) in [5.74, 6) is -0.133. The standard InChI is InChI=1S/C25H36N4O3S/c1-16(18-7-9-19(10-8-18)22-17(2)27-15-33-22)28-23(32)21-11-20(31)12-29(21)13-25(14-30,26-6)24(3,4)5/h7-10,14-16,20-21,26,31H,11-13H2,1-6H3,(H,28,32)/t16-,20+,21?,25+/m0/s1. The molecule has 1 aromatic carbocycles. The first-order valence-electron chi connectivity index (χ1n) is 11.4. The summed E-state index contributed by atoms with van der Waals surface area (Å²) in [7, 11) is 1.76. The maximum absolute atomic E-state index is 13.2. The molecule has 3 rings (SSSR count). The number of thiazole rings is 1. The molecule has 2 aromatic rings. The minimum atomic E-state index is -0.828. The van der Waals surface area contributed by atoms with Crippen LogP contribution in [0.4, 0.5) is 0 Å². The highest BCUT2D eigenvalue weighted by Crippen LogP contribution is 2.32. The second-order valence-corrected chi connectivity index (χ2v) is 10.9. The molecule has 33 heavy (non-hydrogen) atoms. The van der Waals surface area contributed by atoms with Crippen LogP contribution < -0.4 is 10.6 Å². The van der Waals surface area contributed by atoms with E-state index in [0.29, 0.717) is 19.5 Å². The Morgan fingerprint density at radius 3 is 2.52 bits per heavy atom. The first-order chi connectivity index (χ1) is 15.5. The molecular weight excluding hydrogens is 436 g/mol. The fraction of sp³-hybridized carbons (Fsp3) is 0.560. The molecule has 0 aliphatic carbocycles. The molecule has 3 N–H and O–H groups in total. The van der Waals surface area contributed by atoms with E-state index in [1.807, 2.05) is 57.2 Å². The lowest BCUT2D eigenvalue weighted by atomic mass is 9.74. The Bertz CT molecular complexity index is 969. The maximum Gasteiger partial charge on any atom is 0.237 e. The van der Waals surface area contributed by atoms with Crippen LogP contribution in [0.2, 0.25) is 0 Å². The average molecular weight is 473 g/mol. The zero-order valence-corrected chi connectivity index (χ0v) is 21.2. The van der Waals surface area contributed by atoms with Crippen LogP contribution in [0, 0.1) is 12.3 Å². The van der Waals surface area contributed by atoms with Crippen LogP contribution in [0.5, 0.6) is 0 Å². The number of rotatable bonds is 8. The number of carbonyl (C=O) groups is 2. The first kappa shape index (κ1) is 25.5. The summed E-state index contributed by atoms with van der Waals surface area (Å²) in [4.78, 5) is 32.7. The highest BCUT2D eigenvalue weighted by molar-refractivity contribution is 7.13. The number of likely N-dealkylation sites (N-methyl/N-ethyl adjacent to an activating group) is 1. The molecule has 1 aromatic heterocycles. The number of nitrogens with zero attached hydrogens (tertiary/aromatic N) is 2. The van der Waals surface area contributed by atoms with Crippen molar-refractivity contribution in [3.05, 3.63) is 41.0 Å². The Morgan fingerprint density at radius 1 is 1.33 bits per heavy atom. The van der Waals surface area contributed by atoms with Crippen molar-refractivity contribution < 1.29 is 14.7 Å². The molecule has 0 bridgehead atoms. The van der Waals surface area contributed by atoms with Crippen molar-refractivity contribution in [2.75, 3.05) is 20.1 Å². The molecule has 8 heteroatoms. The van der Waals surface area contributed by atoms with E-state index in [2.05, 4.69) is 27.8 Å². The third-order valence-electron chi connectivity index (χ3n) is 6.90. The number of aliphatic hydroxyl groups is 1. The van der Waals surface area contributed by atoms with Gasteiger partial charge in [0.25, 0.3) is 0 Å². The van der Waals surface area contributed by atoms with Gasteiger partial charge in [-0.3, -0.25) is 9.69 Å². The number of hydrogen-bond acceptors (Lipinski definition) is 7. The molecule has 2 heterocycles. The molecule has 0 saturated carbocycles. The first-order valence-corrected chi connectivity index (χ1v) is 12.3. The van der Waals surface area contributed by atoms with Gasteiger partial charge in [-0.2, -0.15) is 0 Å². The summed E-state index contributed by atoms with van der Waals surface area (Å²) < 4.78 is 0. The predicted molar refractivity (Wildman–Crippen MR) is 132 cm³/mol. The Balaban J connectivity index is 1.71. The van der Waals surface area contributed by atoms with Crippen molar-refractivity contribution in [1.82, 2.24) is 20.5 Å². The van der Waals surface area contributed by atoms with Crippen LogP contribution in [0.25, 0.3) is 10.4 Å². The highest BCUT2D eigenvalue weighted by Gasteiger charge is 2.46. The molecule has 4 atom stereocenters. The number of amides is 1. The van der Waals surface area contributed by atoms with Gasteiger partial charge in [-0.05, 0) is 43.9 Å². The minimum Gasteiger partial charge on any atom is -0.392 e. The van der Waals surface area contributed by atoms with Crippen LogP contribution in [0.1, 0.15) is 51.4 Å². The average Bonchev–Trinajstić information content (AvgIpc) is 3.36. The molecule has 1 aliphatic heterocycles. The number of aldehydes is 1. The van der Waals surface area contributed by atoms with Crippen molar-refractivity contribution in [1.29, 1.82) is 0 Å². The fourth-order valence-electron chi connectivity index (χ4n) is 4.51. The largest absolute Gasteiger partial charge is 0.392 e. The third-order valence-corrected chi connectivity index (χ3v) is 7.88. The van der Waals surface area contributed by atoms with Crippen molar-refractivity contribution in [2.45, 2.75) is 64.8 Å². The Morgan fingerprint density at radius 2 is 2.00 bits per heavy atom. The molecule has 0 spiro atoms. The van der Waals surface area contributed by atoms with E-state index in [1.165, 1.54) is 0 Å². The number of hydrogen-bond donors (Lipinski definition) is 3. The summed E-state index contributed by atoms with van der Waals surface area (Å²) >= 11 is 1.61. The van der Waals surface area contributed by atoms with Gasteiger partial charge in [-0.1, -0.05) is 45.0 Å². The molecule has 0 radical (unpaired) electrons. The number of aliphatic hydroxyl groups excluding tert-OH is 1. The van der Waals surface area contributed by atoms with Crippen LogP contribution in [-0.4, -0.2) is 65.0 Å². The van der Waals surface area contributed by atoms with Gasteiger partial charge in [0.15, 0.2) is 0 Å². The molecule has 1 fully saturated rings. The van der Waals surface area contributed by atoms with Crippen molar-refractivity contribution in [2.24, 2.45) is 5.41 Å². The topological polar surface area (TPSA) is 94.6 Å². The second-order valence-electron chi connectivity index (χ2n) is 10.0. The van der Waals surface area contributed by atoms with E-state index >= 15 is 0 Å². The lowest BCUT2D eigenvalue weighted by Gasteiger charge is -2.43. The number of likely N-dealkylation sites (tertiary alicyclic amines) is 1. The predicted octanol–water partition coefficient (Wildman–Crippen LogP) is 2.93. The van der Waals surface area contributed by atoms with Gasteiger partial charge in [-0.25, -0.2) is 4.98 Å². The summed E-state index contributed by atoms with van der Waals surface area (Å²) in [5, 5.41) is 16.6. The Labute approximate surface area is 200 Å². The third kappa shape index (κ3) is 5.35. The smallest absolute Gasteiger partial charge is 0.237 e. The summed E-state index contributed by atoms with van der Waals surface area (Å²) in [6.45, 7) is 10.7. The van der Waals surface area contributed by atoms with E-state index in [9.17, 15) is 14.7 Å². The molecular formula is C25H36N4O3S. The molecule has 1 amide bonds. The van der Waals surface area contributed by atoms with Gasteiger partial charge in [0.05, 0.1) is 39.8 Å². The van der Waals surface area contributed by atoms with Gasteiger partial charge >= 0.3 is 0 Å². The normalized spacial score (nSPS) is 22.0. The monoisotopic (exact) mass is 472 g/mol. The summed E-state index contributed by atoms with van der Waals surface area (Å²) in [6, 6.07) is 7.49. The van der Waals surface area contributed by atoms with Gasteiger partial charge in [0.2, 0.25) is 5.91 Å². The Hall–Kier alpha value is -2.13. The van der Waals surface area contributed by atoms with E-state index in [-0.39, 0.29) is 17.4 Å². The van der Waals surface area contributed by atoms with Crippen molar-refractivity contribution in [3.8, 4) is 10.4 Å². The Kier molecular flexibility index (Phi) is 7.73. The quantitative estimate of drug-likeness (QED) is 0.512. The SMILES string of the molecule is CN[C@@](C=O)(CN1C[C@H](O)CC1C(=O)N[C@@H](C)c1ccc(-c2scnc2C)cc1)C(C)(C)C. The molecule has 7 nitrogen and oxygen atoms in total. The van der Waals surface area contributed by atoms with E-state index in [0.717, 1.165) is 28.0 Å². The van der Waals surface area contributed by atoms with E-state index < -0.39 is 17.7 Å². The molecule has 180 valence electrons. The van der Waals surface area contributed by atoms with Crippen LogP contribution >= 0.6 is 11.3 Å². The number of β-amino-alcohol motifs (C(OH)–C–C–N with tert-alkyl or cyclic N) is 1. The maximum atomic E-state index is 13.2. The van der Waals surface area contributed by atoms with Crippen molar-refractivity contribution in [3.63, 3.8) is 0 Å². The van der Waals surface area contributed by atoms with Crippen LogP contribution in [0.15, 0.2) is 29.8 Å². The highest BCUT2D eigenvalue weighted by atomic mass is 32.1. The molecule has 1 aliphatic rings. The number of nitrogens with one attached hydrogen (secondary N) is 2. The second kappa shape index (κ2) is 10.0. The van der Waals surface area contributed by atoms with Gasteiger partial charge < -0.3 is 20.5 Å². The van der Waals surface area contributed by atoms with Crippen LogP contribution in [0.3, 0.4) is 0 Å².